The fourth-order valence-electron chi connectivity index (χ4n) is 2.07. The predicted molar refractivity (Wildman–Crippen MR) is 61.4 cm³/mol. The number of benzene rings is 1. The molecule has 1 atom stereocenters. The van der Waals surface area contributed by atoms with Crippen LogP contribution in [0.4, 0.5) is 5.69 Å². The Bertz CT molecular complexity index is 466. The van der Waals surface area contributed by atoms with Gasteiger partial charge in [0.1, 0.15) is 17.2 Å². The van der Waals surface area contributed by atoms with E-state index in [1.807, 2.05) is 13.0 Å². The molecule has 0 bridgehead atoms. The second kappa shape index (κ2) is 3.96. The fourth-order valence-corrected chi connectivity index (χ4v) is 2.07. The third-order valence-electron chi connectivity index (χ3n) is 2.79. The second-order valence-electron chi connectivity index (χ2n) is 3.97. The summed E-state index contributed by atoms with van der Waals surface area (Å²) >= 11 is 0. The smallest absolute Gasteiger partial charge is 0.125 e. The maximum Gasteiger partial charge on any atom is 0.125 e. The van der Waals surface area contributed by atoms with Gasteiger partial charge in [-0.25, -0.2) is 0 Å². The van der Waals surface area contributed by atoms with Gasteiger partial charge in [0.2, 0.25) is 0 Å². The first-order chi connectivity index (χ1) is 7.67. The number of fused-ring (bicyclic) bond motifs is 1. The average molecular weight is 219 g/mol. The van der Waals surface area contributed by atoms with Crippen molar-refractivity contribution in [3.63, 3.8) is 0 Å². The molecule has 1 aromatic carbocycles. The minimum atomic E-state index is 0.192. The van der Waals surface area contributed by atoms with E-state index in [0.717, 1.165) is 5.56 Å². The Kier molecular flexibility index (Phi) is 2.64. The Morgan fingerprint density at radius 1 is 1.50 bits per heavy atom. The molecule has 4 heteroatoms. The molecule has 1 aliphatic carbocycles. The highest BCUT2D eigenvalue weighted by atomic mass is 16.5. The van der Waals surface area contributed by atoms with Gasteiger partial charge in [-0.2, -0.15) is 0 Å². The number of ether oxygens (including phenoxy) is 1. The highest BCUT2D eigenvalue weighted by Crippen LogP contribution is 2.40. The number of rotatable bonds is 2. The van der Waals surface area contributed by atoms with Gasteiger partial charge in [0.05, 0.1) is 12.7 Å². The summed E-state index contributed by atoms with van der Waals surface area (Å²) in [6.45, 7) is 2.03. The fraction of sp³-hybridized carbons (Fsp3) is 0.333. The van der Waals surface area contributed by atoms with Gasteiger partial charge in [-0.15, -0.1) is 4.91 Å². The Balaban J connectivity index is 2.69. The zero-order chi connectivity index (χ0) is 11.7. The van der Waals surface area contributed by atoms with Crippen LogP contribution in [0.15, 0.2) is 23.4 Å². The highest BCUT2D eigenvalue weighted by molar-refractivity contribution is 5.77. The average Bonchev–Trinajstić information content (AvgIpc) is 2.29. The van der Waals surface area contributed by atoms with Gasteiger partial charge in [0, 0.05) is 5.56 Å². The third kappa shape index (κ3) is 1.56. The lowest BCUT2D eigenvalue weighted by atomic mass is 9.88. The highest BCUT2D eigenvalue weighted by Gasteiger charge is 2.24. The quantitative estimate of drug-likeness (QED) is 0.778. The van der Waals surface area contributed by atoms with Crippen LogP contribution in [0.2, 0.25) is 0 Å². The number of nitrogens with zero attached hydrogens (tertiary/aromatic N) is 1. The predicted octanol–water partition coefficient (Wildman–Crippen LogP) is 2.97. The molecule has 0 saturated carbocycles. The summed E-state index contributed by atoms with van der Waals surface area (Å²) < 4.78 is 5.24. The van der Waals surface area contributed by atoms with Gasteiger partial charge in [-0.1, -0.05) is 6.92 Å². The number of phenolic OH excluding ortho intramolecular Hbond substituents is 1. The molecule has 0 amide bonds. The number of methoxy groups -OCH3 is 1. The molecule has 0 saturated heterocycles. The summed E-state index contributed by atoms with van der Waals surface area (Å²) in [5.41, 5.74) is 1.67. The van der Waals surface area contributed by atoms with E-state index in [9.17, 15) is 10.0 Å². The molecular formula is C12H13NO3. The van der Waals surface area contributed by atoms with Crippen LogP contribution < -0.4 is 0 Å². The van der Waals surface area contributed by atoms with Gasteiger partial charge >= 0.3 is 0 Å². The summed E-state index contributed by atoms with van der Waals surface area (Å²) in [5.74, 6) is 1.08. The number of phenols is 1. The summed E-state index contributed by atoms with van der Waals surface area (Å²) in [6, 6.07) is 3.00. The summed E-state index contributed by atoms with van der Waals surface area (Å²) in [5, 5.41) is 12.7. The largest absolute Gasteiger partial charge is 0.508 e. The lowest BCUT2D eigenvalue weighted by molar-refractivity contribution is 0.362. The monoisotopic (exact) mass is 219 g/mol. The molecule has 16 heavy (non-hydrogen) atoms. The van der Waals surface area contributed by atoms with Crippen molar-refractivity contribution in [3.8, 4) is 5.75 Å². The Labute approximate surface area is 93.5 Å². The van der Waals surface area contributed by atoms with Gasteiger partial charge in [0.25, 0.3) is 0 Å². The van der Waals surface area contributed by atoms with Crippen LogP contribution in [0.3, 0.4) is 0 Å². The van der Waals surface area contributed by atoms with E-state index in [0.29, 0.717) is 23.4 Å². The van der Waals surface area contributed by atoms with Gasteiger partial charge in [0.15, 0.2) is 0 Å². The molecule has 0 fully saturated rings. The Morgan fingerprint density at radius 2 is 2.25 bits per heavy atom. The zero-order valence-corrected chi connectivity index (χ0v) is 9.23. The molecule has 0 heterocycles. The standard InChI is InChI=1S/C12H13NO3/c1-7-5-8-10(14)4-3-9(13-15)12(8)11(6-7)16-2/h3-4,6-7,14H,5H2,1-2H3. The number of hydrogen-bond acceptors (Lipinski definition) is 4. The van der Waals surface area contributed by atoms with E-state index in [2.05, 4.69) is 5.18 Å². The van der Waals surface area contributed by atoms with E-state index in [-0.39, 0.29) is 11.7 Å². The first kappa shape index (κ1) is 10.7. The van der Waals surface area contributed by atoms with Gasteiger partial charge in [-0.05, 0) is 35.7 Å². The SMILES string of the molecule is COC1=CC(C)Cc2c(O)ccc(N=O)c21. The first-order valence-corrected chi connectivity index (χ1v) is 5.11. The second-order valence-corrected chi connectivity index (χ2v) is 3.97. The molecule has 1 aliphatic rings. The van der Waals surface area contributed by atoms with Crippen molar-refractivity contribution in [2.75, 3.05) is 7.11 Å². The Morgan fingerprint density at radius 3 is 2.88 bits per heavy atom. The maximum atomic E-state index is 10.7. The summed E-state index contributed by atoms with van der Waals surface area (Å²) in [7, 11) is 1.55. The summed E-state index contributed by atoms with van der Waals surface area (Å²) in [6.07, 6.45) is 2.63. The minimum absolute atomic E-state index is 0.192. The summed E-state index contributed by atoms with van der Waals surface area (Å²) in [4.78, 5) is 10.7. The van der Waals surface area contributed by atoms with Crippen molar-refractivity contribution in [1.82, 2.24) is 0 Å². The molecule has 2 rings (SSSR count). The first-order valence-electron chi connectivity index (χ1n) is 5.11. The minimum Gasteiger partial charge on any atom is -0.508 e. The lowest BCUT2D eigenvalue weighted by Gasteiger charge is -2.22. The number of nitroso groups, excluding NO2 is 1. The molecule has 0 radical (unpaired) electrons. The van der Waals surface area contributed by atoms with Crippen LogP contribution in [-0.4, -0.2) is 12.2 Å². The van der Waals surface area contributed by atoms with E-state index in [1.54, 1.807) is 7.11 Å². The zero-order valence-electron chi connectivity index (χ0n) is 9.23. The van der Waals surface area contributed by atoms with Crippen molar-refractivity contribution in [2.24, 2.45) is 11.1 Å². The van der Waals surface area contributed by atoms with Gasteiger partial charge < -0.3 is 9.84 Å². The molecule has 1 N–H and O–H groups in total. The molecule has 0 aromatic heterocycles. The van der Waals surface area contributed by atoms with Crippen molar-refractivity contribution in [1.29, 1.82) is 0 Å². The molecule has 1 unspecified atom stereocenters. The van der Waals surface area contributed by atoms with E-state index in [4.69, 9.17) is 4.74 Å². The number of hydrogen-bond donors (Lipinski definition) is 1. The van der Waals surface area contributed by atoms with Crippen molar-refractivity contribution in [2.45, 2.75) is 13.3 Å². The van der Waals surface area contributed by atoms with Crippen molar-refractivity contribution in [3.05, 3.63) is 34.2 Å². The normalized spacial score (nSPS) is 18.6. The van der Waals surface area contributed by atoms with Crippen LogP contribution in [0.25, 0.3) is 5.76 Å². The van der Waals surface area contributed by atoms with Crippen molar-refractivity contribution >= 4 is 11.4 Å². The number of aromatic hydroxyl groups is 1. The molecule has 0 spiro atoms. The van der Waals surface area contributed by atoms with Gasteiger partial charge in [-0.3, -0.25) is 0 Å². The molecule has 0 aliphatic heterocycles. The maximum absolute atomic E-state index is 10.7. The lowest BCUT2D eigenvalue weighted by Crippen LogP contribution is -2.08. The third-order valence-corrected chi connectivity index (χ3v) is 2.79. The van der Waals surface area contributed by atoms with Crippen molar-refractivity contribution < 1.29 is 9.84 Å². The Hall–Kier alpha value is -1.84. The number of allylic oxidation sites excluding steroid dienone is 1. The topological polar surface area (TPSA) is 58.9 Å². The van der Waals surface area contributed by atoms with Crippen LogP contribution in [0.1, 0.15) is 18.1 Å². The van der Waals surface area contributed by atoms with E-state index < -0.39 is 0 Å². The van der Waals surface area contributed by atoms with Crippen LogP contribution in [-0.2, 0) is 11.2 Å². The van der Waals surface area contributed by atoms with Crippen LogP contribution in [0, 0.1) is 10.8 Å². The van der Waals surface area contributed by atoms with E-state index >= 15 is 0 Å². The molecule has 1 aromatic rings. The molecular weight excluding hydrogens is 206 g/mol. The van der Waals surface area contributed by atoms with Crippen LogP contribution in [0.5, 0.6) is 5.75 Å². The van der Waals surface area contributed by atoms with E-state index in [1.165, 1.54) is 12.1 Å². The molecule has 4 nitrogen and oxygen atoms in total. The molecule has 84 valence electrons. The van der Waals surface area contributed by atoms with Crippen LogP contribution >= 0.6 is 0 Å².